The zero-order valence-electron chi connectivity index (χ0n) is 12.6. The van der Waals surface area contributed by atoms with E-state index in [1.807, 2.05) is 0 Å². The van der Waals surface area contributed by atoms with E-state index in [2.05, 4.69) is 32.7 Å². The van der Waals surface area contributed by atoms with Crippen LogP contribution in [-0.4, -0.2) is 34.3 Å². The topological polar surface area (TPSA) is 61.8 Å². The van der Waals surface area contributed by atoms with Gasteiger partial charge in [0.05, 0.1) is 12.2 Å². The van der Waals surface area contributed by atoms with E-state index < -0.39 is 6.10 Å². The van der Waals surface area contributed by atoms with Crippen LogP contribution in [0.5, 0.6) is 0 Å². The quantitative estimate of drug-likeness (QED) is 0.808. The first kappa shape index (κ1) is 15.1. The van der Waals surface area contributed by atoms with Crippen LogP contribution in [0.4, 0.5) is 0 Å². The first-order valence-corrected chi connectivity index (χ1v) is 6.98. The second-order valence-electron chi connectivity index (χ2n) is 6.82. The summed E-state index contributed by atoms with van der Waals surface area (Å²) in [5.74, 6) is 0.352. The zero-order valence-corrected chi connectivity index (χ0v) is 12.6. The van der Waals surface area contributed by atoms with Gasteiger partial charge in [0.1, 0.15) is 12.0 Å². The number of hydrogen-bond acceptors (Lipinski definition) is 4. The summed E-state index contributed by atoms with van der Waals surface area (Å²) in [5, 5.41) is 12.9. The van der Waals surface area contributed by atoms with Gasteiger partial charge in [0.15, 0.2) is 0 Å². The lowest BCUT2D eigenvalue weighted by molar-refractivity contribution is -0.118. The summed E-state index contributed by atoms with van der Waals surface area (Å²) in [6, 6.07) is 0. The van der Waals surface area contributed by atoms with Gasteiger partial charge in [0.25, 0.3) is 5.91 Å². The highest BCUT2D eigenvalue weighted by Gasteiger charge is 2.40. The molecule has 2 N–H and O–H groups in total. The summed E-state index contributed by atoms with van der Waals surface area (Å²) in [5.41, 5.74) is 0.703. The van der Waals surface area contributed by atoms with Crippen LogP contribution in [0.25, 0.3) is 0 Å². The van der Waals surface area contributed by atoms with Gasteiger partial charge >= 0.3 is 0 Å². The molecule has 0 radical (unpaired) electrons. The SMILES string of the molecule is C=C1NC(=O)C(C)=CN1C1CC(O)C(CC(C)(C)C)O1. The number of nitrogens with one attached hydrogen (secondary N) is 1. The molecule has 1 saturated heterocycles. The first-order valence-electron chi connectivity index (χ1n) is 6.98. The second-order valence-corrected chi connectivity index (χ2v) is 6.82. The van der Waals surface area contributed by atoms with E-state index in [4.69, 9.17) is 4.74 Å². The van der Waals surface area contributed by atoms with Crippen molar-refractivity contribution in [3.05, 3.63) is 24.2 Å². The molecule has 2 aliphatic heterocycles. The number of rotatable bonds is 2. The molecular formula is C15H24N2O3. The van der Waals surface area contributed by atoms with E-state index >= 15 is 0 Å². The number of amides is 1. The Hall–Kier alpha value is -1.33. The Morgan fingerprint density at radius 2 is 2.20 bits per heavy atom. The average molecular weight is 280 g/mol. The molecule has 0 aromatic carbocycles. The van der Waals surface area contributed by atoms with Gasteiger partial charge < -0.3 is 20.1 Å². The maximum absolute atomic E-state index is 11.5. The molecule has 20 heavy (non-hydrogen) atoms. The summed E-state index contributed by atoms with van der Waals surface area (Å²) >= 11 is 0. The number of aliphatic hydroxyl groups excluding tert-OH is 1. The fourth-order valence-corrected chi connectivity index (χ4v) is 2.57. The molecule has 0 bridgehead atoms. The molecule has 0 aromatic heterocycles. The number of carbonyl (C=O) groups excluding carboxylic acids is 1. The Kier molecular flexibility index (Phi) is 3.93. The van der Waals surface area contributed by atoms with Gasteiger partial charge in [-0.05, 0) is 18.8 Å². The molecule has 1 amide bonds. The Morgan fingerprint density at radius 1 is 1.55 bits per heavy atom. The molecule has 2 rings (SSSR count). The maximum Gasteiger partial charge on any atom is 0.253 e. The number of ether oxygens (including phenoxy) is 1. The van der Waals surface area contributed by atoms with E-state index in [1.165, 1.54) is 0 Å². The van der Waals surface area contributed by atoms with Crippen molar-refractivity contribution in [1.82, 2.24) is 10.2 Å². The third-order valence-electron chi connectivity index (χ3n) is 3.59. The van der Waals surface area contributed by atoms with Crippen LogP contribution in [0.15, 0.2) is 24.2 Å². The predicted octanol–water partition coefficient (Wildman–Crippen LogP) is 1.71. The van der Waals surface area contributed by atoms with Crippen molar-refractivity contribution in [2.24, 2.45) is 5.41 Å². The summed E-state index contributed by atoms with van der Waals surface area (Å²) in [7, 11) is 0. The van der Waals surface area contributed by atoms with Gasteiger partial charge in [-0.3, -0.25) is 4.79 Å². The van der Waals surface area contributed by atoms with Crippen molar-refractivity contribution in [2.75, 3.05) is 0 Å². The summed E-state index contributed by atoms with van der Waals surface area (Å²) < 4.78 is 5.96. The molecule has 2 heterocycles. The molecule has 5 nitrogen and oxygen atoms in total. The van der Waals surface area contributed by atoms with E-state index in [9.17, 15) is 9.90 Å². The number of nitrogens with zero attached hydrogens (tertiary/aromatic N) is 1. The van der Waals surface area contributed by atoms with Crippen molar-refractivity contribution in [3.63, 3.8) is 0 Å². The molecule has 0 saturated carbocycles. The maximum atomic E-state index is 11.5. The average Bonchev–Trinajstić information content (AvgIpc) is 2.63. The summed E-state index contributed by atoms with van der Waals surface area (Å²) in [6.07, 6.45) is 2.09. The van der Waals surface area contributed by atoms with E-state index in [1.54, 1.807) is 18.0 Å². The van der Waals surface area contributed by atoms with E-state index in [0.717, 1.165) is 6.42 Å². The Balaban J connectivity index is 2.08. The highest BCUT2D eigenvalue weighted by atomic mass is 16.5. The van der Waals surface area contributed by atoms with Gasteiger partial charge in [0.2, 0.25) is 0 Å². The minimum Gasteiger partial charge on any atom is -0.390 e. The smallest absolute Gasteiger partial charge is 0.253 e. The number of hydrogen-bond donors (Lipinski definition) is 2. The van der Waals surface area contributed by atoms with Crippen LogP contribution < -0.4 is 5.32 Å². The van der Waals surface area contributed by atoms with Gasteiger partial charge in [0, 0.05) is 18.2 Å². The highest BCUT2D eigenvalue weighted by molar-refractivity contribution is 5.94. The summed E-state index contributed by atoms with van der Waals surface area (Å²) in [4.78, 5) is 13.3. The van der Waals surface area contributed by atoms with Crippen LogP contribution in [0.2, 0.25) is 0 Å². The normalized spacial score (nSPS) is 31.4. The molecule has 2 aliphatic rings. The standard InChI is InChI=1S/C15H24N2O3/c1-9-8-17(10(2)16-14(9)19)13-6-11(18)12(20-13)7-15(3,4)5/h8,11-13,18H,2,6-7H2,1,3-5H3,(H,16,19). The Bertz CT molecular complexity index is 451. The lowest BCUT2D eigenvalue weighted by Crippen LogP contribution is -2.42. The van der Waals surface area contributed by atoms with E-state index in [0.29, 0.717) is 17.8 Å². The minimum atomic E-state index is -0.488. The fourth-order valence-electron chi connectivity index (χ4n) is 2.57. The molecule has 0 aromatic rings. The Labute approximate surface area is 120 Å². The molecular weight excluding hydrogens is 256 g/mol. The summed E-state index contributed by atoms with van der Waals surface area (Å²) in [6.45, 7) is 12.0. The monoisotopic (exact) mass is 280 g/mol. The molecule has 112 valence electrons. The second kappa shape index (κ2) is 5.22. The zero-order chi connectivity index (χ0) is 15.1. The molecule has 3 atom stereocenters. The van der Waals surface area contributed by atoms with Gasteiger partial charge in [-0.25, -0.2) is 0 Å². The third-order valence-corrected chi connectivity index (χ3v) is 3.59. The van der Waals surface area contributed by atoms with Crippen LogP contribution >= 0.6 is 0 Å². The largest absolute Gasteiger partial charge is 0.390 e. The van der Waals surface area contributed by atoms with Crippen molar-refractivity contribution in [3.8, 4) is 0 Å². The van der Waals surface area contributed by atoms with Crippen LogP contribution in [-0.2, 0) is 9.53 Å². The number of aliphatic hydroxyl groups is 1. The molecule has 0 spiro atoms. The van der Waals surface area contributed by atoms with Crippen molar-refractivity contribution < 1.29 is 14.6 Å². The Morgan fingerprint density at radius 3 is 2.80 bits per heavy atom. The van der Waals surface area contributed by atoms with Gasteiger partial charge in [-0.2, -0.15) is 0 Å². The number of carbonyl (C=O) groups is 1. The lowest BCUT2D eigenvalue weighted by Gasteiger charge is -2.33. The van der Waals surface area contributed by atoms with Crippen molar-refractivity contribution in [2.45, 2.75) is 59.0 Å². The lowest BCUT2D eigenvalue weighted by atomic mass is 9.87. The molecule has 0 aliphatic carbocycles. The van der Waals surface area contributed by atoms with Crippen LogP contribution in [0.1, 0.15) is 40.5 Å². The van der Waals surface area contributed by atoms with Gasteiger partial charge in [-0.15, -0.1) is 0 Å². The van der Waals surface area contributed by atoms with E-state index in [-0.39, 0.29) is 23.7 Å². The first-order chi connectivity index (χ1) is 9.17. The molecule has 1 fully saturated rings. The van der Waals surface area contributed by atoms with Crippen LogP contribution in [0, 0.1) is 5.41 Å². The highest BCUT2D eigenvalue weighted by Crippen LogP contribution is 2.33. The fraction of sp³-hybridized carbons (Fsp3) is 0.667. The van der Waals surface area contributed by atoms with Crippen molar-refractivity contribution >= 4 is 5.91 Å². The van der Waals surface area contributed by atoms with Crippen molar-refractivity contribution in [1.29, 1.82) is 0 Å². The minimum absolute atomic E-state index is 0.0966. The predicted molar refractivity (Wildman–Crippen MR) is 76.2 cm³/mol. The van der Waals surface area contributed by atoms with Gasteiger partial charge in [-0.1, -0.05) is 27.4 Å². The van der Waals surface area contributed by atoms with Crippen LogP contribution in [0.3, 0.4) is 0 Å². The molecule has 5 heteroatoms. The molecule has 3 unspecified atom stereocenters. The third kappa shape index (κ3) is 3.22.